The normalized spacial score (nSPS) is 19.2. The van der Waals surface area contributed by atoms with Crippen LogP contribution in [0.15, 0.2) is 48.5 Å². The van der Waals surface area contributed by atoms with Crippen molar-refractivity contribution in [2.24, 2.45) is 0 Å². The molecule has 1 fully saturated rings. The zero-order chi connectivity index (χ0) is 16.7. The summed E-state index contributed by atoms with van der Waals surface area (Å²) in [4.78, 5) is 0. The number of nitrogens with zero attached hydrogens (tertiary/aromatic N) is 2. The Morgan fingerprint density at radius 2 is 1.79 bits per heavy atom. The Morgan fingerprint density at radius 1 is 1.08 bits per heavy atom. The molecule has 1 saturated carbocycles. The first-order valence-electron chi connectivity index (χ1n) is 8.05. The van der Waals surface area contributed by atoms with Gasteiger partial charge in [-0.15, -0.1) is 0 Å². The van der Waals surface area contributed by atoms with Gasteiger partial charge in [0.25, 0.3) is 0 Å². The summed E-state index contributed by atoms with van der Waals surface area (Å²) in [5.41, 5.74) is 3.68. The molecule has 0 bridgehead atoms. The first-order valence-corrected chi connectivity index (χ1v) is 8.46. The van der Waals surface area contributed by atoms with Crippen LogP contribution in [0.1, 0.15) is 35.2 Å². The van der Waals surface area contributed by atoms with Crippen LogP contribution in [-0.4, -0.2) is 21.9 Å². The monoisotopic (exact) mass is 337 g/mol. The minimum Gasteiger partial charge on any atom is -0.497 e. The number of aryl methyl sites for hydroxylation is 1. The molecule has 24 heavy (non-hydrogen) atoms. The van der Waals surface area contributed by atoms with Crippen LogP contribution >= 0.6 is 12.2 Å². The number of nitrogens with one attached hydrogen (secondary N) is 1. The van der Waals surface area contributed by atoms with E-state index in [0.29, 0.717) is 16.6 Å². The van der Waals surface area contributed by atoms with Gasteiger partial charge in [-0.1, -0.05) is 29.8 Å². The van der Waals surface area contributed by atoms with Crippen LogP contribution in [0.25, 0.3) is 5.69 Å². The molecular weight excluding hydrogens is 318 g/mol. The van der Waals surface area contributed by atoms with Crippen molar-refractivity contribution >= 4 is 12.2 Å². The van der Waals surface area contributed by atoms with E-state index in [4.69, 9.17) is 17.0 Å². The predicted molar refractivity (Wildman–Crippen MR) is 96.6 cm³/mol. The Bertz CT molecular complexity index is 909. The van der Waals surface area contributed by atoms with E-state index in [9.17, 15) is 0 Å². The number of rotatable bonds is 4. The topological polar surface area (TPSA) is 42.8 Å². The molecule has 5 heteroatoms. The third kappa shape index (κ3) is 2.65. The molecule has 0 amide bonds. The lowest BCUT2D eigenvalue weighted by molar-refractivity contribution is 0.414. The fraction of sp³-hybridized carbons (Fsp3) is 0.263. The van der Waals surface area contributed by atoms with Gasteiger partial charge in [0.1, 0.15) is 11.6 Å². The van der Waals surface area contributed by atoms with Gasteiger partial charge in [0, 0.05) is 11.6 Å². The first kappa shape index (κ1) is 15.1. The summed E-state index contributed by atoms with van der Waals surface area (Å²) in [6, 6.07) is 16.7. The molecule has 2 aromatic carbocycles. The van der Waals surface area contributed by atoms with Crippen LogP contribution in [-0.2, 0) is 0 Å². The molecule has 0 aliphatic heterocycles. The summed E-state index contributed by atoms with van der Waals surface area (Å²) in [5.74, 6) is 2.77. The Morgan fingerprint density at radius 3 is 2.46 bits per heavy atom. The summed E-state index contributed by atoms with van der Waals surface area (Å²) in [5, 5.41) is 7.46. The van der Waals surface area contributed by atoms with Crippen LogP contribution in [0, 0.1) is 11.7 Å². The molecule has 1 N–H and O–H groups in total. The Kier molecular flexibility index (Phi) is 3.73. The van der Waals surface area contributed by atoms with Gasteiger partial charge >= 0.3 is 0 Å². The van der Waals surface area contributed by atoms with Crippen LogP contribution < -0.4 is 4.74 Å². The Balaban J connectivity index is 1.66. The number of hydrogen-bond donors (Lipinski definition) is 1. The van der Waals surface area contributed by atoms with E-state index < -0.39 is 0 Å². The van der Waals surface area contributed by atoms with Gasteiger partial charge in [-0.25, -0.2) is 0 Å². The fourth-order valence-electron chi connectivity index (χ4n) is 3.20. The highest BCUT2D eigenvalue weighted by atomic mass is 32.1. The van der Waals surface area contributed by atoms with E-state index in [0.717, 1.165) is 23.7 Å². The second kappa shape index (κ2) is 5.91. The van der Waals surface area contributed by atoms with Crippen LogP contribution in [0.5, 0.6) is 5.75 Å². The maximum atomic E-state index is 5.45. The lowest BCUT2D eigenvalue weighted by Crippen LogP contribution is -2.01. The van der Waals surface area contributed by atoms with Crippen molar-refractivity contribution in [2.75, 3.05) is 7.11 Å². The summed E-state index contributed by atoms with van der Waals surface area (Å²) in [7, 11) is 1.67. The van der Waals surface area contributed by atoms with E-state index in [1.165, 1.54) is 11.1 Å². The van der Waals surface area contributed by atoms with Crippen molar-refractivity contribution < 1.29 is 4.74 Å². The minimum absolute atomic E-state index is 0.405. The minimum atomic E-state index is 0.405. The average Bonchev–Trinajstić information content (AvgIpc) is 3.31. The highest BCUT2D eigenvalue weighted by Gasteiger charge is 2.43. The number of methoxy groups -OCH3 is 1. The van der Waals surface area contributed by atoms with Gasteiger partial charge in [-0.05, 0) is 61.3 Å². The third-order valence-electron chi connectivity index (χ3n) is 4.66. The highest BCUT2D eigenvalue weighted by Crippen LogP contribution is 2.54. The van der Waals surface area contributed by atoms with Crippen LogP contribution in [0.2, 0.25) is 0 Å². The van der Waals surface area contributed by atoms with Gasteiger partial charge in [0.2, 0.25) is 0 Å². The molecular formula is C19H19N3OS. The molecule has 1 aliphatic carbocycles. The molecule has 0 radical (unpaired) electrons. The molecule has 4 rings (SSSR count). The second-order valence-electron chi connectivity index (χ2n) is 6.28. The number of H-pyrrole nitrogens is 1. The molecule has 1 aliphatic rings. The van der Waals surface area contributed by atoms with E-state index in [-0.39, 0.29) is 0 Å². The van der Waals surface area contributed by atoms with Gasteiger partial charge in [-0.2, -0.15) is 5.10 Å². The van der Waals surface area contributed by atoms with Gasteiger partial charge in [0.05, 0.1) is 7.11 Å². The number of benzene rings is 2. The van der Waals surface area contributed by atoms with E-state index in [1.807, 2.05) is 28.8 Å². The maximum absolute atomic E-state index is 5.45. The van der Waals surface area contributed by atoms with E-state index >= 15 is 0 Å². The maximum Gasteiger partial charge on any atom is 0.199 e. The second-order valence-corrected chi connectivity index (χ2v) is 6.67. The number of ether oxygens (including phenoxy) is 1. The van der Waals surface area contributed by atoms with Gasteiger partial charge in [-0.3, -0.25) is 9.67 Å². The Hall–Kier alpha value is -2.40. The van der Waals surface area contributed by atoms with Crippen molar-refractivity contribution in [1.82, 2.24) is 14.8 Å². The zero-order valence-electron chi connectivity index (χ0n) is 13.7. The fourth-order valence-corrected chi connectivity index (χ4v) is 3.45. The smallest absolute Gasteiger partial charge is 0.199 e. The molecule has 0 saturated heterocycles. The summed E-state index contributed by atoms with van der Waals surface area (Å²) >= 11 is 5.45. The quantitative estimate of drug-likeness (QED) is 0.712. The zero-order valence-corrected chi connectivity index (χ0v) is 14.5. The predicted octanol–water partition coefficient (Wildman–Crippen LogP) is 4.52. The van der Waals surface area contributed by atoms with E-state index in [2.05, 4.69) is 41.4 Å². The van der Waals surface area contributed by atoms with E-state index in [1.54, 1.807) is 7.11 Å². The van der Waals surface area contributed by atoms with Gasteiger partial charge in [0.15, 0.2) is 4.77 Å². The first-order chi connectivity index (χ1) is 11.7. The molecule has 3 aromatic rings. The SMILES string of the molecule is COc1ccc(-n2c([C@@H]3C[C@H]3c3ccc(C)cc3)n[nH]c2=S)cc1. The van der Waals surface area contributed by atoms with Gasteiger partial charge < -0.3 is 4.74 Å². The number of aromatic nitrogens is 3. The molecule has 4 nitrogen and oxygen atoms in total. The highest BCUT2D eigenvalue weighted by molar-refractivity contribution is 7.71. The summed E-state index contributed by atoms with van der Waals surface area (Å²) in [6.07, 6.45) is 1.11. The van der Waals surface area contributed by atoms with Crippen molar-refractivity contribution in [3.8, 4) is 11.4 Å². The van der Waals surface area contributed by atoms with Crippen LogP contribution in [0.4, 0.5) is 0 Å². The number of aromatic amines is 1. The van der Waals surface area contributed by atoms with Crippen molar-refractivity contribution in [1.29, 1.82) is 0 Å². The van der Waals surface area contributed by atoms with Crippen LogP contribution in [0.3, 0.4) is 0 Å². The average molecular weight is 337 g/mol. The summed E-state index contributed by atoms with van der Waals surface area (Å²) < 4.78 is 7.90. The van der Waals surface area contributed by atoms with Crippen molar-refractivity contribution in [3.63, 3.8) is 0 Å². The molecule has 122 valence electrons. The lowest BCUT2D eigenvalue weighted by Gasteiger charge is -2.08. The Labute approximate surface area is 146 Å². The molecule has 1 aromatic heterocycles. The lowest BCUT2D eigenvalue weighted by atomic mass is 10.1. The standard InChI is InChI=1S/C19H19N3OS/c1-12-3-5-13(6-4-12)16-11-17(16)18-20-21-19(24)22(18)14-7-9-15(23-2)10-8-14/h3-10,16-17H,11H2,1-2H3,(H,21,24)/t16-,17+/m0/s1. The third-order valence-corrected chi connectivity index (χ3v) is 4.93. The molecule has 1 heterocycles. The summed E-state index contributed by atoms with van der Waals surface area (Å²) in [6.45, 7) is 2.11. The molecule has 2 atom stereocenters. The largest absolute Gasteiger partial charge is 0.497 e. The molecule has 0 unspecified atom stereocenters. The number of hydrogen-bond acceptors (Lipinski definition) is 3. The van der Waals surface area contributed by atoms with Crippen molar-refractivity contribution in [2.45, 2.75) is 25.2 Å². The molecule has 0 spiro atoms. The van der Waals surface area contributed by atoms with Crippen molar-refractivity contribution in [3.05, 3.63) is 70.3 Å².